The van der Waals surface area contributed by atoms with Crippen molar-refractivity contribution in [3.05, 3.63) is 251 Å². The quantitative estimate of drug-likeness (QED) is 0.0155. The van der Waals surface area contributed by atoms with Gasteiger partial charge in [-0.05, 0) is 200 Å². The maximum atomic E-state index is 6.41. The van der Waals surface area contributed by atoms with Crippen LogP contribution in [0, 0.1) is 23.7 Å². The van der Waals surface area contributed by atoms with Gasteiger partial charge in [-0.25, -0.2) is 19.9 Å². The average molecular weight is 1930 g/mol. The summed E-state index contributed by atoms with van der Waals surface area (Å²) in [6.07, 6.45) is 15.9. The Morgan fingerprint density at radius 2 is 0.434 bits per heavy atom. The van der Waals surface area contributed by atoms with E-state index in [2.05, 4.69) is 23.7 Å². The molecule has 0 atom stereocenters. The third-order valence-corrected chi connectivity index (χ3v) is 21.7. The van der Waals surface area contributed by atoms with Gasteiger partial charge in [0.25, 0.3) is 0 Å². The Hall–Kier alpha value is -12.8. The van der Waals surface area contributed by atoms with E-state index in [4.69, 9.17) is 127 Å². The first-order valence-corrected chi connectivity index (χ1v) is 44.5. The summed E-state index contributed by atoms with van der Waals surface area (Å²) in [5.74, 6) is 16.2. The minimum Gasteiger partial charge on any atom is -0.657 e. The van der Waals surface area contributed by atoms with Crippen LogP contribution in [0.15, 0.2) is 194 Å². The SMILES string of the molecule is COCCOCCOCCOc1cccc(-c2c3nc(c(-c4ccc(N)cc4)c4ccc([n-]4)c(-c4cccc(OCCOCCOCCOC)c4)c4nc(c(C#CC#Cc5c6nc(c(-c7cccc(OCCOCCOCCOC)c7)c7ccc([n-]7)c(-c7ccc(N)cc7)c7nc(c(-c8cccc(OCCOCCOCCOC)c8)c8ccc5[n-]8)C=C7)C=C6)c5ccc2[n-]5)C=C4)C=C3)c1.[Zn+2].[Zn+2]. The predicted octanol–water partition coefficient (Wildman–Crippen LogP) is 16.9. The molecule has 0 unspecified atom stereocenters. The third-order valence-electron chi connectivity index (χ3n) is 21.7. The number of hydrogen-bond acceptors (Lipinski definition) is 22. The Bertz CT molecular complexity index is 6180. The second-order valence-corrected chi connectivity index (χ2v) is 30.8. The van der Waals surface area contributed by atoms with Gasteiger partial charge in [-0.1, -0.05) is 133 Å². The molecule has 0 fully saturated rings. The van der Waals surface area contributed by atoms with Gasteiger partial charge >= 0.3 is 39.0 Å². The first-order chi connectivity index (χ1) is 66.1. The van der Waals surface area contributed by atoms with Gasteiger partial charge in [0.2, 0.25) is 0 Å². The summed E-state index contributed by atoms with van der Waals surface area (Å²) in [5.41, 5.74) is 34.0. The number of rotatable bonds is 46. The average Bonchev–Trinajstić information content (AvgIpc) is 1.62. The number of aromatic nitrogens is 8. The Morgan fingerprint density at radius 1 is 0.228 bits per heavy atom. The Balaban J connectivity index is 0.00000740. The fourth-order valence-corrected chi connectivity index (χ4v) is 15.4. The number of nitrogens with zero attached hydrogens (tertiary/aromatic N) is 8. The van der Waals surface area contributed by atoms with E-state index in [0.717, 1.165) is 66.8 Å². The Kier molecular flexibility index (Phi) is 37.4. The van der Waals surface area contributed by atoms with Crippen molar-refractivity contribution in [2.45, 2.75) is 0 Å². The fourth-order valence-electron chi connectivity index (χ4n) is 15.4. The van der Waals surface area contributed by atoms with Crippen molar-refractivity contribution >= 4 is 104 Å². The zero-order chi connectivity index (χ0) is 91.8. The van der Waals surface area contributed by atoms with Crippen LogP contribution in [0.4, 0.5) is 11.4 Å². The van der Waals surface area contributed by atoms with Crippen LogP contribution in [0.3, 0.4) is 0 Å². The van der Waals surface area contributed by atoms with Gasteiger partial charge < -0.3 is 107 Å². The summed E-state index contributed by atoms with van der Waals surface area (Å²) in [4.78, 5) is 44.3. The molecule has 16 bridgehead atoms. The zero-order valence-electron chi connectivity index (χ0n) is 76.7. The Labute approximate surface area is 816 Å². The number of nitrogen functional groups attached to an aromatic ring is 2. The van der Waals surface area contributed by atoms with Crippen LogP contribution >= 0.6 is 0 Å². The number of anilines is 2. The smallest absolute Gasteiger partial charge is 0.657 e. The molecule has 6 aromatic carbocycles. The molecule has 4 N–H and O–H groups in total. The second-order valence-electron chi connectivity index (χ2n) is 30.8. The molecule has 4 aliphatic heterocycles. The van der Waals surface area contributed by atoms with Crippen molar-refractivity contribution in [3.63, 3.8) is 0 Å². The van der Waals surface area contributed by atoms with Crippen molar-refractivity contribution in [2.75, 3.05) is 198 Å². The molecule has 16 rings (SSSR count). The predicted molar refractivity (Wildman–Crippen MR) is 525 cm³/mol. The summed E-state index contributed by atoms with van der Waals surface area (Å²) in [6.45, 7) is 9.77. The molecule has 0 saturated carbocycles. The van der Waals surface area contributed by atoms with Gasteiger partial charge in [0.1, 0.15) is 49.4 Å². The number of methoxy groups -OCH3 is 4. The van der Waals surface area contributed by atoms with Crippen LogP contribution in [0.2, 0.25) is 0 Å². The molecular formula is C108H104N10O16Zn2. The number of ether oxygens (including phenoxy) is 16. The van der Waals surface area contributed by atoms with Gasteiger partial charge in [-0.2, -0.15) is 0 Å². The van der Waals surface area contributed by atoms with E-state index >= 15 is 0 Å². The largest absolute Gasteiger partial charge is 2.00 e. The van der Waals surface area contributed by atoms with E-state index in [9.17, 15) is 0 Å². The molecule has 12 aromatic rings. The maximum Gasteiger partial charge on any atom is 2.00 e. The summed E-state index contributed by atoms with van der Waals surface area (Å²) < 4.78 is 92.3. The van der Waals surface area contributed by atoms with E-state index in [1.54, 1.807) is 28.4 Å². The molecule has 0 radical (unpaired) electrons. The first-order valence-electron chi connectivity index (χ1n) is 44.5. The topological polar surface area (TPSA) is 308 Å². The van der Waals surface area contributed by atoms with Crippen molar-refractivity contribution in [1.29, 1.82) is 0 Å². The Morgan fingerprint density at radius 3 is 0.684 bits per heavy atom. The minimum atomic E-state index is 0. The molecule has 28 heteroatoms. The first kappa shape index (κ1) is 99.2. The van der Waals surface area contributed by atoms with Crippen molar-refractivity contribution in [2.24, 2.45) is 0 Å². The van der Waals surface area contributed by atoms with Gasteiger partial charge in [0.15, 0.2) is 0 Å². The van der Waals surface area contributed by atoms with Gasteiger partial charge in [0.05, 0.1) is 178 Å². The van der Waals surface area contributed by atoms with Crippen LogP contribution in [0.5, 0.6) is 23.0 Å². The van der Waals surface area contributed by atoms with Gasteiger partial charge in [0, 0.05) is 50.9 Å². The van der Waals surface area contributed by atoms with E-state index in [0.29, 0.717) is 267 Å². The number of benzene rings is 6. The molecule has 26 nitrogen and oxygen atoms in total. The maximum absolute atomic E-state index is 6.41. The van der Waals surface area contributed by atoms with Gasteiger partial charge in [-0.3, -0.25) is 0 Å². The summed E-state index contributed by atoms with van der Waals surface area (Å²) >= 11 is 0. The molecule has 0 amide bonds. The second kappa shape index (κ2) is 51.2. The normalized spacial score (nSPS) is 11.7. The summed E-state index contributed by atoms with van der Waals surface area (Å²) in [6, 6.07) is 63.0. The van der Waals surface area contributed by atoms with E-state index < -0.39 is 0 Å². The van der Waals surface area contributed by atoms with Crippen LogP contribution in [0.25, 0.3) is 160 Å². The molecule has 0 aliphatic carbocycles. The monoisotopic (exact) mass is 1920 g/mol. The zero-order valence-corrected chi connectivity index (χ0v) is 82.7. The molecule has 6 aromatic heterocycles. The third kappa shape index (κ3) is 26.3. The molecular weight excluding hydrogens is 1820 g/mol. The molecule has 4 aliphatic rings. The van der Waals surface area contributed by atoms with Crippen molar-refractivity contribution in [3.8, 4) is 113 Å². The molecule has 136 heavy (non-hydrogen) atoms. The van der Waals surface area contributed by atoms with Crippen molar-refractivity contribution < 1.29 is 115 Å². The molecule has 0 saturated heterocycles. The number of nitrogens with two attached hydrogens (primary N) is 2. The van der Waals surface area contributed by atoms with Crippen LogP contribution in [0.1, 0.15) is 56.7 Å². The fraction of sp³-hybridized carbons (Fsp3) is 0.259. The standard InChI is InChI=1S/C108H104N10O16.2Zn/c1-119-45-49-123-53-57-127-61-65-131-81-15-7-11-75(69-81)105-95-33-29-87(111-95)85(88-30-34-96(112-88)106(76-12-8-16-82(70-76)132-66-62-128-58-54-124-50-46-120-2)100-42-38-92(116-100)103(91-37-41-99(105)115-91)73-21-25-79(109)26-22-73)19-5-6-20-86-89-31-35-97(113-89)107(77-13-9-17-83(71-77)133-67-63-129-59-55-125-51-47-121-3)101-43-39-93(117-101)104(74-23-27-80(110)28-24-74)94-40-44-102(118-94)108(98-36-32-90(86)114-98)78-14-10-18-84(72-78)134-68-64-130-60-56-126-52-48-122-4;;/h7-18,21-44,69-72H,45-68,109-110H2,1-4H3;;/q-4;2*+2. The summed E-state index contributed by atoms with van der Waals surface area (Å²) in [7, 11) is 6.57. The van der Waals surface area contributed by atoms with E-state index in [1.807, 2.05) is 243 Å². The summed E-state index contributed by atoms with van der Waals surface area (Å²) in [5, 5.41) is 0. The van der Waals surface area contributed by atoms with Crippen molar-refractivity contribution in [1.82, 2.24) is 39.9 Å². The van der Waals surface area contributed by atoms with Crippen LogP contribution in [-0.4, -0.2) is 207 Å². The van der Waals surface area contributed by atoms with E-state index in [-0.39, 0.29) is 65.4 Å². The molecule has 0 spiro atoms. The van der Waals surface area contributed by atoms with Crippen LogP contribution < -0.4 is 50.4 Å². The minimum absolute atomic E-state index is 0. The van der Waals surface area contributed by atoms with E-state index in [1.165, 1.54) is 0 Å². The van der Waals surface area contributed by atoms with Crippen LogP contribution in [-0.2, 0) is 95.8 Å². The molecule has 686 valence electrons. The van der Waals surface area contributed by atoms with Gasteiger partial charge in [-0.15, -0.1) is 44.1 Å². The number of hydrogen-bond donors (Lipinski definition) is 2. The number of fused-ring (bicyclic) bond motifs is 16. The molecule has 10 heterocycles.